The van der Waals surface area contributed by atoms with Gasteiger partial charge in [0, 0.05) is 18.2 Å². The Morgan fingerprint density at radius 1 is 1.58 bits per heavy atom. The van der Waals surface area contributed by atoms with Crippen molar-refractivity contribution >= 4 is 24.0 Å². The van der Waals surface area contributed by atoms with Gasteiger partial charge in [0.2, 0.25) is 6.20 Å². The van der Waals surface area contributed by atoms with Crippen LogP contribution in [0.15, 0.2) is 12.3 Å². The molecule has 0 unspecified atom stereocenters. The van der Waals surface area contributed by atoms with Gasteiger partial charge in [-0.25, -0.2) is 4.39 Å². The van der Waals surface area contributed by atoms with Crippen molar-refractivity contribution in [3.05, 3.63) is 28.8 Å². The Hall–Kier alpha value is -0.0900. The maximum absolute atomic E-state index is 12.6. The van der Waals surface area contributed by atoms with Crippen molar-refractivity contribution in [3.63, 3.8) is 0 Å². The molecule has 1 aromatic heterocycles. The molecule has 0 amide bonds. The Morgan fingerprint density at radius 2 is 2.17 bits per heavy atom. The van der Waals surface area contributed by atoms with Crippen molar-refractivity contribution in [1.82, 2.24) is 0 Å². The van der Waals surface area contributed by atoms with Gasteiger partial charge in [0.05, 0.1) is 0 Å². The minimum Gasteiger partial charge on any atom is -1.00 e. The zero-order valence-corrected chi connectivity index (χ0v) is 8.31. The highest BCUT2D eigenvalue weighted by molar-refractivity contribution is 6.28. The Morgan fingerprint density at radius 3 is 2.58 bits per heavy atom. The maximum Gasteiger partial charge on any atom is 0.273 e. The molecule has 0 aromatic carbocycles. The van der Waals surface area contributed by atoms with Crippen LogP contribution in [0, 0.1) is 5.82 Å². The summed E-state index contributed by atoms with van der Waals surface area (Å²) in [5, 5.41) is 0.391. The minimum atomic E-state index is -0.355. The highest BCUT2D eigenvalue weighted by Gasteiger charge is 2.05. The number of aromatic nitrogens is 1. The van der Waals surface area contributed by atoms with Crippen LogP contribution in [0.3, 0.4) is 0 Å². The van der Waals surface area contributed by atoms with Crippen LogP contribution in [0.4, 0.5) is 4.39 Å². The maximum atomic E-state index is 12.6. The molecule has 1 heterocycles. The van der Waals surface area contributed by atoms with Gasteiger partial charge in [0.1, 0.15) is 0 Å². The molecule has 0 atom stereocenters. The first-order chi connectivity index (χ1) is 4.74. The Bertz CT molecular complexity index is 244. The highest BCUT2D eigenvalue weighted by Crippen LogP contribution is 2.06. The fourth-order valence-corrected chi connectivity index (χ4v) is 0.831. The average molecular weight is 234 g/mol. The van der Waals surface area contributed by atoms with Crippen LogP contribution in [0.5, 0.6) is 0 Å². The third kappa shape index (κ3) is 3.54. The summed E-state index contributed by atoms with van der Waals surface area (Å²) in [6.07, 6.45) is 1.19. The summed E-state index contributed by atoms with van der Waals surface area (Å²) < 4.78 is 12.6. The summed E-state index contributed by atoms with van der Waals surface area (Å²) in [6.45, 7) is 0.167. The second kappa shape index (κ2) is 6.43. The number of pyridine rings is 1. The topological polar surface area (TPSA) is 40.2 Å². The van der Waals surface area contributed by atoms with E-state index in [1.807, 2.05) is 0 Å². The predicted molar refractivity (Wildman–Crippen MR) is 43.1 cm³/mol. The average Bonchev–Trinajstić information content (AvgIpc) is 1.94. The van der Waals surface area contributed by atoms with E-state index in [-0.39, 0.29) is 37.2 Å². The van der Waals surface area contributed by atoms with Crippen molar-refractivity contribution in [1.29, 1.82) is 0 Å². The molecule has 0 aliphatic rings. The number of halogens is 4. The molecule has 0 fully saturated rings. The van der Waals surface area contributed by atoms with E-state index in [2.05, 4.69) is 4.98 Å². The lowest BCUT2D eigenvalue weighted by Crippen LogP contribution is -3.00. The monoisotopic (exact) mass is 232 g/mol. The molecule has 0 saturated heterocycles. The summed E-state index contributed by atoms with van der Waals surface area (Å²) in [6, 6.07) is 1.47. The molecular weight excluding hydrogens is 225 g/mol. The van der Waals surface area contributed by atoms with Crippen molar-refractivity contribution in [2.24, 2.45) is 5.73 Å². The van der Waals surface area contributed by atoms with Crippen LogP contribution < -0.4 is 23.1 Å². The number of hydrogen-bond acceptors (Lipinski definition) is 1. The summed E-state index contributed by atoms with van der Waals surface area (Å²) in [4.78, 5) is 2.51. The molecule has 12 heavy (non-hydrogen) atoms. The molecule has 3 N–H and O–H groups in total. The minimum absolute atomic E-state index is 0. The van der Waals surface area contributed by atoms with Gasteiger partial charge in [-0.15, -0.1) is 12.4 Å². The lowest BCUT2D eigenvalue weighted by molar-refractivity contribution is -0.378. The van der Waals surface area contributed by atoms with Crippen LogP contribution in [0.2, 0.25) is 5.15 Å². The standard InChI is InChI=1S/C6H6ClFN2.2ClH/c7-6-1-4(2-9)5(8)3-10-6;;/h1,3H,2,9H2;2*1H. The Balaban J connectivity index is 0. The number of H-pyrrole nitrogens is 1. The molecule has 1 rings (SSSR count). The van der Waals surface area contributed by atoms with E-state index in [1.54, 1.807) is 0 Å². The molecule has 2 nitrogen and oxygen atoms in total. The molecule has 0 bridgehead atoms. The molecule has 1 aromatic rings. The van der Waals surface area contributed by atoms with Crippen LogP contribution in [-0.4, -0.2) is 0 Å². The van der Waals surface area contributed by atoms with Gasteiger partial charge < -0.3 is 18.1 Å². The van der Waals surface area contributed by atoms with Crippen LogP contribution in [0.1, 0.15) is 5.56 Å². The third-order valence-electron chi connectivity index (χ3n) is 1.16. The van der Waals surface area contributed by atoms with E-state index in [0.29, 0.717) is 10.7 Å². The number of nitrogens with one attached hydrogen (secondary N) is 1. The fraction of sp³-hybridized carbons (Fsp3) is 0.167. The fourth-order valence-electron chi connectivity index (χ4n) is 0.645. The van der Waals surface area contributed by atoms with Crippen molar-refractivity contribution < 1.29 is 21.8 Å². The number of hydrogen-bond donors (Lipinski definition) is 1. The number of nitrogens with two attached hydrogens (primary N) is 1. The lowest BCUT2D eigenvalue weighted by Gasteiger charge is -1.92. The van der Waals surface area contributed by atoms with Crippen LogP contribution in [-0.2, 0) is 6.54 Å². The van der Waals surface area contributed by atoms with Gasteiger partial charge in [-0.1, -0.05) is 0 Å². The smallest absolute Gasteiger partial charge is 0.273 e. The van der Waals surface area contributed by atoms with Crippen molar-refractivity contribution in [2.75, 3.05) is 0 Å². The van der Waals surface area contributed by atoms with Gasteiger partial charge in [-0.3, -0.25) is 0 Å². The largest absolute Gasteiger partial charge is 1.00 e. The molecule has 0 aliphatic heterocycles. The van der Waals surface area contributed by atoms with Crippen LogP contribution in [0.25, 0.3) is 0 Å². The number of aromatic amines is 1. The summed E-state index contributed by atoms with van der Waals surface area (Å²) in [7, 11) is 0. The molecule has 0 aliphatic carbocycles. The van der Waals surface area contributed by atoms with Gasteiger partial charge >= 0.3 is 0 Å². The number of rotatable bonds is 1. The van der Waals surface area contributed by atoms with Crippen molar-refractivity contribution in [3.8, 4) is 0 Å². The SMILES string of the molecule is Cl.NCc1cc(Cl)[nH+]cc1F.[Cl-]. The molecular formula is C6H8Cl3FN2. The molecule has 70 valence electrons. The van der Waals surface area contributed by atoms with E-state index in [1.165, 1.54) is 12.3 Å². The molecule has 0 radical (unpaired) electrons. The second-order valence-electron chi connectivity index (χ2n) is 1.86. The normalized spacial score (nSPS) is 8.25. The molecule has 0 spiro atoms. The zero-order chi connectivity index (χ0) is 7.56. The first-order valence-corrected chi connectivity index (χ1v) is 3.17. The van der Waals surface area contributed by atoms with Gasteiger partial charge in [0.25, 0.3) is 5.15 Å². The highest BCUT2D eigenvalue weighted by atomic mass is 35.5. The zero-order valence-electron chi connectivity index (χ0n) is 5.98. The Kier molecular flexibility index (Phi) is 7.73. The Labute approximate surface area is 87.1 Å². The van der Waals surface area contributed by atoms with Crippen molar-refractivity contribution in [2.45, 2.75) is 6.54 Å². The van der Waals surface area contributed by atoms with Crippen LogP contribution >= 0.6 is 24.0 Å². The lowest BCUT2D eigenvalue weighted by atomic mass is 10.3. The first kappa shape index (κ1) is 14.4. The summed E-state index contributed by atoms with van der Waals surface area (Å²) in [5.41, 5.74) is 5.63. The van der Waals surface area contributed by atoms with E-state index in [9.17, 15) is 4.39 Å². The predicted octanol–water partition coefficient (Wildman–Crippen LogP) is -1.82. The van der Waals surface area contributed by atoms with E-state index in [0.717, 1.165) is 0 Å². The van der Waals surface area contributed by atoms with Gasteiger partial charge in [0.15, 0.2) is 5.82 Å². The van der Waals surface area contributed by atoms with E-state index >= 15 is 0 Å². The quantitative estimate of drug-likeness (QED) is 0.570. The van der Waals surface area contributed by atoms with Gasteiger partial charge in [-0.05, 0) is 11.6 Å². The van der Waals surface area contributed by atoms with E-state index < -0.39 is 0 Å². The van der Waals surface area contributed by atoms with Gasteiger partial charge in [-0.2, -0.15) is 4.98 Å². The second-order valence-corrected chi connectivity index (χ2v) is 2.27. The van der Waals surface area contributed by atoms with E-state index in [4.69, 9.17) is 17.3 Å². The molecule has 0 saturated carbocycles. The third-order valence-corrected chi connectivity index (χ3v) is 1.38. The summed E-state index contributed by atoms with van der Waals surface area (Å²) >= 11 is 5.52. The molecule has 6 heteroatoms. The summed E-state index contributed by atoms with van der Waals surface area (Å²) in [5.74, 6) is -0.355. The first-order valence-electron chi connectivity index (χ1n) is 2.79.